The van der Waals surface area contributed by atoms with Gasteiger partial charge >= 0.3 is 5.97 Å². The Kier molecular flexibility index (Phi) is 7.53. The van der Waals surface area contributed by atoms with Gasteiger partial charge in [0.15, 0.2) is 6.23 Å². The lowest BCUT2D eigenvalue weighted by Crippen LogP contribution is -2.37. The summed E-state index contributed by atoms with van der Waals surface area (Å²) in [6, 6.07) is 18.4. The monoisotopic (exact) mass is 387 g/mol. The minimum atomic E-state index is -0.939. The molecule has 3 rings (SSSR count). The van der Waals surface area contributed by atoms with Gasteiger partial charge in [-0.1, -0.05) is 48.5 Å². The lowest BCUT2D eigenvalue weighted by molar-refractivity contribution is -0.0882. The molecule has 2 aromatic rings. The Bertz CT molecular complexity index is 726. The molecule has 0 radical (unpaired) electrons. The van der Waals surface area contributed by atoms with E-state index in [1.165, 1.54) is 0 Å². The van der Waals surface area contributed by atoms with Crippen LogP contribution in [-0.4, -0.2) is 47.9 Å². The first-order chi connectivity index (χ1) is 13.7. The first kappa shape index (κ1) is 20.4. The zero-order chi connectivity index (χ0) is 19.8. The fraction of sp³-hybridized carbons (Fsp3) is 0.381. The molecular weight excluding hydrogens is 362 g/mol. The number of ether oxygens (including phenoxy) is 3. The number of hydrogen-bond donors (Lipinski definition) is 3. The van der Waals surface area contributed by atoms with Crippen molar-refractivity contribution in [1.82, 2.24) is 5.48 Å². The van der Waals surface area contributed by atoms with Crippen molar-refractivity contribution in [2.24, 2.45) is 5.92 Å². The summed E-state index contributed by atoms with van der Waals surface area (Å²) in [6.45, 7) is 0.855. The molecule has 0 spiro atoms. The van der Waals surface area contributed by atoms with E-state index >= 15 is 0 Å². The Morgan fingerprint density at radius 1 is 1.07 bits per heavy atom. The fourth-order valence-electron chi connectivity index (χ4n) is 3.24. The van der Waals surface area contributed by atoms with Crippen LogP contribution in [0.1, 0.15) is 22.3 Å². The molecule has 0 saturated carbocycles. The third-order valence-corrected chi connectivity index (χ3v) is 4.77. The van der Waals surface area contributed by atoms with Crippen LogP contribution >= 0.6 is 0 Å². The second kappa shape index (κ2) is 10.3. The Hall–Kier alpha value is -2.29. The second-order valence-electron chi connectivity index (χ2n) is 6.67. The van der Waals surface area contributed by atoms with Gasteiger partial charge in [0.25, 0.3) is 0 Å². The molecule has 1 aliphatic rings. The van der Waals surface area contributed by atoms with E-state index in [-0.39, 0.29) is 12.5 Å². The smallest absolute Gasteiger partial charge is 0.338 e. The molecule has 1 heterocycles. The number of carbonyl (C=O) groups excluding carboxylic acids is 1. The van der Waals surface area contributed by atoms with Crippen LogP contribution in [0.2, 0.25) is 0 Å². The summed E-state index contributed by atoms with van der Waals surface area (Å²) >= 11 is 0. The highest BCUT2D eigenvalue weighted by Crippen LogP contribution is 2.29. The number of rotatable bonds is 9. The van der Waals surface area contributed by atoms with Gasteiger partial charge < -0.3 is 24.5 Å². The number of hydrogen-bond acceptors (Lipinski definition) is 7. The summed E-state index contributed by atoms with van der Waals surface area (Å²) in [4.78, 5) is 12.1. The zero-order valence-electron chi connectivity index (χ0n) is 15.4. The molecule has 0 aromatic heterocycles. The van der Waals surface area contributed by atoms with Crippen molar-refractivity contribution < 1.29 is 29.3 Å². The van der Waals surface area contributed by atoms with E-state index in [4.69, 9.17) is 14.2 Å². The predicted molar refractivity (Wildman–Crippen MR) is 101 cm³/mol. The largest absolute Gasteiger partial charge is 0.459 e. The number of aliphatic hydroxyl groups excluding tert-OH is 1. The van der Waals surface area contributed by atoms with E-state index in [9.17, 15) is 15.1 Å². The quantitative estimate of drug-likeness (QED) is 0.344. The van der Waals surface area contributed by atoms with Crippen molar-refractivity contribution in [3.8, 4) is 0 Å². The maximum atomic E-state index is 12.1. The molecule has 150 valence electrons. The van der Waals surface area contributed by atoms with E-state index in [0.29, 0.717) is 25.2 Å². The van der Waals surface area contributed by atoms with Crippen LogP contribution in [0, 0.1) is 5.92 Å². The average molecular weight is 387 g/mol. The highest BCUT2D eigenvalue weighted by molar-refractivity contribution is 5.89. The summed E-state index contributed by atoms with van der Waals surface area (Å²) in [5, 5.41) is 19.5. The Balaban J connectivity index is 1.50. The van der Waals surface area contributed by atoms with Crippen molar-refractivity contribution in [3.63, 3.8) is 0 Å². The molecule has 7 nitrogen and oxygen atoms in total. The third-order valence-electron chi connectivity index (χ3n) is 4.77. The molecule has 1 fully saturated rings. The molecule has 4 atom stereocenters. The molecule has 0 aliphatic carbocycles. The first-order valence-electron chi connectivity index (χ1n) is 9.26. The van der Waals surface area contributed by atoms with Crippen molar-refractivity contribution in [2.75, 3.05) is 13.2 Å². The number of nitrogens with one attached hydrogen (secondary N) is 1. The van der Waals surface area contributed by atoms with E-state index in [1.54, 1.807) is 24.3 Å². The van der Waals surface area contributed by atoms with Crippen LogP contribution in [-0.2, 0) is 20.8 Å². The number of aliphatic hydroxyl groups is 1. The van der Waals surface area contributed by atoms with Gasteiger partial charge in [0.2, 0.25) is 0 Å². The van der Waals surface area contributed by atoms with Crippen LogP contribution in [0.4, 0.5) is 0 Å². The van der Waals surface area contributed by atoms with E-state index in [2.05, 4.69) is 0 Å². The van der Waals surface area contributed by atoms with Gasteiger partial charge in [-0.25, -0.2) is 4.79 Å². The van der Waals surface area contributed by atoms with Crippen LogP contribution in [0.25, 0.3) is 0 Å². The Labute approximate surface area is 163 Å². The number of esters is 1. The molecule has 1 saturated heterocycles. The van der Waals surface area contributed by atoms with Gasteiger partial charge in [-0.2, -0.15) is 5.48 Å². The van der Waals surface area contributed by atoms with Crippen molar-refractivity contribution in [1.29, 1.82) is 0 Å². The Morgan fingerprint density at radius 3 is 2.43 bits per heavy atom. The second-order valence-corrected chi connectivity index (χ2v) is 6.67. The normalized spacial score (nSPS) is 24.2. The zero-order valence-corrected chi connectivity index (χ0v) is 15.4. The third kappa shape index (κ3) is 5.37. The minimum absolute atomic E-state index is 0.0215. The number of hydroxylamine groups is 1. The SMILES string of the molecule is O=C(OC[C@H]1O[C@@H](NO)C(O)C1CCOCc1ccccc1)c1ccccc1. The van der Waals surface area contributed by atoms with Gasteiger partial charge in [-0.05, 0) is 24.1 Å². The molecular formula is C21H25NO6. The average Bonchev–Trinajstić information content (AvgIpc) is 3.05. The number of carbonyl (C=O) groups is 1. The van der Waals surface area contributed by atoms with Gasteiger partial charge in [0.1, 0.15) is 12.7 Å². The summed E-state index contributed by atoms with van der Waals surface area (Å²) in [5.41, 5.74) is 3.46. The predicted octanol–water partition coefficient (Wildman–Crippen LogP) is 2.13. The lowest BCUT2D eigenvalue weighted by atomic mass is 9.95. The van der Waals surface area contributed by atoms with Crippen molar-refractivity contribution in [3.05, 3.63) is 71.8 Å². The molecule has 0 bridgehead atoms. The topological polar surface area (TPSA) is 97.3 Å². The minimum Gasteiger partial charge on any atom is -0.459 e. The van der Waals surface area contributed by atoms with E-state index in [1.807, 2.05) is 41.9 Å². The molecule has 1 aliphatic heterocycles. The van der Waals surface area contributed by atoms with Crippen LogP contribution in [0.3, 0.4) is 0 Å². The van der Waals surface area contributed by atoms with Gasteiger partial charge in [0, 0.05) is 12.5 Å². The summed E-state index contributed by atoms with van der Waals surface area (Å²) in [7, 11) is 0. The van der Waals surface area contributed by atoms with Crippen molar-refractivity contribution >= 4 is 5.97 Å². The summed E-state index contributed by atoms with van der Waals surface area (Å²) in [5.74, 6) is -0.804. The highest BCUT2D eigenvalue weighted by atomic mass is 16.6. The highest BCUT2D eigenvalue weighted by Gasteiger charge is 2.43. The van der Waals surface area contributed by atoms with Gasteiger partial charge in [-0.3, -0.25) is 0 Å². The summed E-state index contributed by atoms with van der Waals surface area (Å²) < 4.78 is 16.6. The fourth-order valence-corrected chi connectivity index (χ4v) is 3.24. The molecule has 0 amide bonds. The van der Waals surface area contributed by atoms with Gasteiger partial charge in [-0.15, -0.1) is 0 Å². The van der Waals surface area contributed by atoms with Crippen LogP contribution in [0.15, 0.2) is 60.7 Å². The maximum Gasteiger partial charge on any atom is 0.338 e. The van der Waals surface area contributed by atoms with Crippen LogP contribution < -0.4 is 5.48 Å². The molecule has 2 unspecified atom stereocenters. The molecule has 3 N–H and O–H groups in total. The first-order valence-corrected chi connectivity index (χ1v) is 9.26. The van der Waals surface area contributed by atoms with Crippen LogP contribution in [0.5, 0.6) is 0 Å². The van der Waals surface area contributed by atoms with Crippen molar-refractivity contribution in [2.45, 2.75) is 31.5 Å². The van der Waals surface area contributed by atoms with E-state index in [0.717, 1.165) is 5.56 Å². The molecule has 7 heteroatoms. The van der Waals surface area contributed by atoms with Gasteiger partial charge in [0.05, 0.1) is 18.3 Å². The summed E-state index contributed by atoms with van der Waals surface area (Å²) in [6.07, 6.45) is -1.92. The molecule has 28 heavy (non-hydrogen) atoms. The molecule has 2 aromatic carbocycles. The lowest BCUT2D eigenvalue weighted by Gasteiger charge is -2.20. The van der Waals surface area contributed by atoms with E-state index < -0.39 is 24.4 Å². The maximum absolute atomic E-state index is 12.1. The standard InChI is InChI=1S/C21H25NO6/c23-19-17(11-12-26-13-15-7-3-1-4-8-15)18(28-20(19)22-25)14-27-21(24)16-9-5-2-6-10-16/h1-10,17-20,22-23,25H,11-14H2/t17?,18-,19?,20-/m1/s1. The Morgan fingerprint density at radius 2 is 1.75 bits per heavy atom. The number of benzene rings is 2.